The highest BCUT2D eigenvalue weighted by Gasteiger charge is 2.21. The van der Waals surface area contributed by atoms with Crippen LogP contribution in [0.2, 0.25) is 0 Å². The number of rotatable bonds is 3. The van der Waals surface area contributed by atoms with E-state index < -0.39 is 11.6 Å². The van der Waals surface area contributed by atoms with Gasteiger partial charge in [0.25, 0.3) is 0 Å². The molecule has 0 radical (unpaired) electrons. The molecular weight excluding hydrogens is 288 g/mol. The van der Waals surface area contributed by atoms with Gasteiger partial charge < -0.3 is 5.73 Å². The summed E-state index contributed by atoms with van der Waals surface area (Å²) in [6, 6.07) is 2.56. The molecule has 0 saturated carbocycles. The number of halogens is 3. The van der Waals surface area contributed by atoms with Gasteiger partial charge in [-0.05, 0) is 46.3 Å². The van der Waals surface area contributed by atoms with Crippen LogP contribution in [0.1, 0.15) is 32.8 Å². The van der Waals surface area contributed by atoms with Crippen LogP contribution >= 0.6 is 15.9 Å². The first-order valence-electron chi connectivity index (χ1n) is 5.61. The average Bonchev–Trinajstić information content (AvgIpc) is 2.22. The zero-order valence-electron chi connectivity index (χ0n) is 10.4. The Morgan fingerprint density at radius 1 is 1.29 bits per heavy atom. The molecule has 0 aliphatic rings. The monoisotopic (exact) mass is 305 g/mol. The summed E-state index contributed by atoms with van der Waals surface area (Å²) in [5.41, 5.74) is 6.03. The fraction of sp³-hybridized carbons (Fsp3) is 0.538. The lowest BCUT2D eigenvalue weighted by Gasteiger charge is -2.27. The average molecular weight is 306 g/mol. The highest BCUT2D eigenvalue weighted by atomic mass is 79.9. The Morgan fingerprint density at radius 2 is 1.88 bits per heavy atom. The van der Waals surface area contributed by atoms with Gasteiger partial charge in [0.15, 0.2) is 0 Å². The fourth-order valence-electron chi connectivity index (χ4n) is 1.53. The van der Waals surface area contributed by atoms with Gasteiger partial charge in [0.05, 0.1) is 4.47 Å². The molecule has 0 amide bonds. The lowest BCUT2D eigenvalue weighted by atomic mass is 9.84. The lowest BCUT2D eigenvalue weighted by Crippen LogP contribution is -2.35. The van der Waals surface area contributed by atoms with Crippen molar-refractivity contribution in [2.24, 2.45) is 11.1 Å². The molecule has 1 aromatic carbocycles. The van der Waals surface area contributed by atoms with E-state index in [0.717, 1.165) is 0 Å². The van der Waals surface area contributed by atoms with Crippen molar-refractivity contribution in [1.82, 2.24) is 0 Å². The molecule has 0 aromatic heterocycles. The minimum absolute atomic E-state index is 0.0566. The molecule has 0 saturated heterocycles. The van der Waals surface area contributed by atoms with Gasteiger partial charge in [-0.15, -0.1) is 0 Å². The molecule has 1 atom stereocenters. The van der Waals surface area contributed by atoms with Crippen LogP contribution in [-0.4, -0.2) is 6.04 Å². The Labute approximate surface area is 110 Å². The first-order valence-corrected chi connectivity index (χ1v) is 6.40. The van der Waals surface area contributed by atoms with E-state index in [4.69, 9.17) is 5.73 Å². The van der Waals surface area contributed by atoms with E-state index in [0.29, 0.717) is 17.3 Å². The summed E-state index contributed by atoms with van der Waals surface area (Å²) in [4.78, 5) is 0. The van der Waals surface area contributed by atoms with Crippen LogP contribution in [0.4, 0.5) is 8.78 Å². The molecule has 0 bridgehead atoms. The third-order valence-electron chi connectivity index (χ3n) is 2.96. The van der Waals surface area contributed by atoms with Crippen LogP contribution in [-0.2, 0) is 6.42 Å². The zero-order valence-corrected chi connectivity index (χ0v) is 11.9. The van der Waals surface area contributed by atoms with Crippen molar-refractivity contribution < 1.29 is 8.78 Å². The standard InChI is InChI=1S/C13H18BrF2N/c1-13(2,3)11(17)7-4-8-10(15)6-5-9(14)12(8)16/h5-6,11H,4,7,17H2,1-3H3. The second-order valence-corrected chi connectivity index (χ2v) is 6.19. The first kappa shape index (κ1) is 14.6. The van der Waals surface area contributed by atoms with Crippen molar-refractivity contribution in [1.29, 1.82) is 0 Å². The predicted molar refractivity (Wildman–Crippen MR) is 69.8 cm³/mol. The number of hydrogen-bond donors (Lipinski definition) is 1. The second kappa shape index (κ2) is 5.44. The van der Waals surface area contributed by atoms with Gasteiger partial charge in [0, 0.05) is 11.6 Å². The predicted octanol–water partition coefficient (Wildman–Crippen LogP) is 4.03. The first-order chi connectivity index (χ1) is 7.73. The Balaban J connectivity index is 2.80. The fourth-order valence-corrected chi connectivity index (χ4v) is 1.90. The summed E-state index contributed by atoms with van der Waals surface area (Å²) in [6.45, 7) is 6.06. The van der Waals surface area contributed by atoms with Crippen molar-refractivity contribution in [3.8, 4) is 0 Å². The Hall–Kier alpha value is -0.480. The normalized spacial score (nSPS) is 13.8. The summed E-state index contributed by atoms with van der Waals surface area (Å²) < 4.78 is 27.4. The molecular formula is C13H18BrF2N. The number of hydrogen-bond acceptors (Lipinski definition) is 1. The van der Waals surface area contributed by atoms with E-state index in [2.05, 4.69) is 15.9 Å². The van der Waals surface area contributed by atoms with Gasteiger partial charge in [-0.2, -0.15) is 0 Å². The number of benzene rings is 1. The van der Waals surface area contributed by atoms with Gasteiger partial charge >= 0.3 is 0 Å². The molecule has 0 heterocycles. The van der Waals surface area contributed by atoms with Gasteiger partial charge in [-0.25, -0.2) is 8.78 Å². The molecule has 0 aliphatic heterocycles. The summed E-state index contributed by atoms with van der Waals surface area (Å²) >= 11 is 3.05. The summed E-state index contributed by atoms with van der Waals surface area (Å²) in [5, 5.41) is 0. The highest BCUT2D eigenvalue weighted by Crippen LogP contribution is 2.25. The third-order valence-corrected chi connectivity index (χ3v) is 3.57. The number of nitrogens with two attached hydrogens (primary N) is 1. The minimum atomic E-state index is -0.522. The van der Waals surface area contributed by atoms with Gasteiger partial charge in [0.2, 0.25) is 0 Å². The summed E-state index contributed by atoms with van der Waals surface area (Å²) in [5.74, 6) is -1.03. The van der Waals surface area contributed by atoms with Crippen LogP contribution in [0.25, 0.3) is 0 Å². The van der Waals surface area contributed by atoms with Gasteiger partial charge in [0.1, 0.15) is 11.6 Å². The quantitative estimate of drug-likeness (QED) is 0.838. The van der Waals surface area contributed by atoms with Crippen molar-refractivity contribution in [3.63, 3.8) is 0 Å². The van der Waals surface area contributed by atoms with Crippen LogP contribution in [0.5, 0.6) is 0 Å². The lowest BCUT2D eigenvalue weighted by molar-refractivity contribution is 0.304. The van der Waals surface area contributed by atoms with Gasteiger partial charge in [-0.3, -0.25) is 0 Å². The minimum Gasteiger partial charge on any atom is -0.327 e. The van der Waals surface area contributed by atoms with Crippen molar-refractivity contribution in [2.45, 2.75) is 39.7 Å². The molecule has 1 aromatic rings. The molecule has 0 aliphatic carbocycles. The molecule has 1 rings (SSSR count). The maximum atomic E-state index is 13.7. The van der Waals surface area contributed by atoms with E-state index in [1.165, 1.54) is 12.1 Å². The summed E-state index contributed by atoms with van der Waals surface area (Å²) in [6.07, 6.45) is 0.878. The van der Waals surface area contributed by atoms with Crippen LogP contribution in [0.3, 0.4) is 0 Å². The van der Waals surface area contributed by atoms with E-state index in [-0.39, 0.29) is 17.0 Å². The van der Waals surface area contributed by atoms with E-state index in [1.54, 1.807) is 0 Å². The summed E-state index contributed by atoms with van der Waals surface area (Å²) in [7, 11) is 0. The van der Waals surface area contributed by atoms with Gasteiger partial charge in [-0.1, -0.05) is 20.8 Å². The maximum absolute atomic E-state index is 13.7. The molecule has 1 nitrogen and oxygen atoms in total. The Morgan fingerprint density at radius 3 is 2.41 bits per heavy atom. The Bertz CT molecular complexity index is 399. The third kappa shape index (κ3) is 3.75. The molecule has 17 heavy (non-hydrogen) atoms. The Kier molecular flexibility index (Phi) is 4.67. The molecule has 4 heteroatoms. The molecule has 2 N–H and O–H groups in total. The van der Waals surface area contributed by atoms with Crippen molar-refractivity contribution in [2.75, 3.05) is 0 Å². The van der Waals surface area contributed by atoms with E-state index in [1.807, 2.05) is 20.8 Å². The second-order valence-electron chi connectivity index (χ2n) is 5.33. The largest absolute Gasteiger partial charge is 0.327 e. The van der Waals surface area contributed by atoms with Crippen molar-refractivity contribution >= 4 is 15.9 Å². The van der Waals surface area contributed by atoms with Crippen molar-refractivity contribution in [3.05, 3.63) is 33.8 Å². The SMILES string of the molecule is CC(C)(C)C(N)CCc1c(F)ccc(Br)c1F. The molecule has 0 fully saturated rings. The van der Waals surface area contributed by atoms with E-state index >= 15 is 0 Å². The maximum Gasteiger partial charge on any atom is 0.143 e. The smallest absolute Gasteiger partial charge is 0.143 e. The van der Waals surface area contributed by atoms with Crippen LogP contribution in [0.15, 0.2) is 16.6 Å². The van der Waals surface area contributed by atoms with Crippen LogP contribution < -0.4 is 5.73 Å². The van der Waals surface area contributed by atoms with E-state index in [9.17, 15) is 8.78 Å². The van der Waals surface area contributed by atoms with Crippen LogP contribution in [0, 0.1) is 17.0 Å². The molecule has 0 spiro atoms. The topological polar surface area (TPSA) is 26.0 Å². The highest BCUT2D eigenvalue weighted by molar-refractivity contribution is 9.10. The molecule has 1 unspecified atom stereocenters. The zero-order chi connectivity index (χ0) is 13.2. The molecule has 96 valence electrons.